The number of likely N-dealkylation sites (N-methyl/N-ethyl adjacent to an activating group) is 1. The fourth-order valence-corrected chi connectivity index (χ4v) is 6.29. The van der Waals surface area contributed by atoms with Gasteiger partial charge in [-0.3, -0.25) is 14.7 Å². The van der Waals surface area contributed by atoms with Crippen LogP contribution in [0.3, 0.4) is 0 Å². The Morgan fingerprint density at radius 3 is 2.57 bits per heavy atom. The van der Waals surface area contributed by atoms with E-state index in [2.05, 4.69) is 51.3 Å². The zero-order chi connectivity index (χ0) is 24.0. The Hall–Kier alpha value is -3.19. The Balaban J connectivity index is 1.04. The van der Waals surface area contributed by atoms with Crippen LogP contribution in [0.25, 0.3) is 22.0 Å². The lowest BCUT2D eigenvalue weighted by atomic mass is 9.57. The van der Waals surface area contributed by atoms with E-state index in [0.717, 1.165) is 80.6 Å². The van der Waals surface area contributed by atoms with Crippen LogP contribution in [0.1, 0.15) is 36.2 Å². The number of likely N-dealkylation sites (tertiary alicyclic amines) is 1. The van der Waals surface area contributed by atoms with Gasteiger partial charge in [-0.05, 0) is 62.0 Å². The zero-order valence-electron chi connectivity index (χ0n) is 20.4. The van der Waals surface area contributed by atoms with Crippen LogP contribution in [0.4, 0.5) is 0 Å². The third-order valence-corrected chi connectivity index (χ3v) is 8.19. The third-order valence-electron chi connectivity index (χ3n) is 8.19. The highest BCUT2D eigenvalue weighted by Crippen LogP contribution is 2.53. The maximum Gasteiger partial charge on any atom is 0.275 e. The number of amides is 2. The van der Waals surface area contributed by atoms with Gasteiger partial charge < -0.3 is 14.7 Å². The van der Waals surface area contributed by atoms with E-state index in [4.69, 9.17) is 0 Å². The molecule has 6 rings (SSSR count). The molecule has 0 unspecified atom stereocenters. The van der Waals surface area contributed by atoms with Crippen molar-refractivity contribution in [1.29, 1.82) is 0 Å². The fraction of sp³-hybridized carbons (Fsp3) is 0.464. The second kappa shape index (κ2) is 8.79. The summed E-state index contributed by atoms with van der Waals surface area (Å²) in [5.74, 6) is 0.774. The monoisotopic (exact) mass is 471 g/mol. The maximum atomic E-state index is 13.2. The first-order valence-electron chi connectivity index (χ1n) is 12.8. The molecule has 2 amide bonds. The fourth-order valence-electron chi connectivity index (χ4n) is 6.29. The van der Waals surface area contributed by atoms with E-state index < -0.39 is 0 Å². The number of aromatic nitrogens is 2. The molecule has 1 saturated carbocycles. The molecule has 1 aliphatic carbocycles. The lowest BCUT2D eigenvalue weighted by Gasteiger charge is -2.59. The number of carbonyl (C=O) groups is 2. The van der Waals surface area contributed by atoms with Crippen LogP contribution in [0.15, 0.2) is 48.5 Å². The van der Waals surface area contributed by atoms with Gasteiger partial charge in [0.2, 0.25) is 5.91 Å². The van der Waals surface area contributed by atoms with Crippen LogP contribution in [0.5, 0.6) is 0 Å². The Morgan fingerprint density at radius 1 is 0.971 bits per heavy atom. The summed E-state index contributed by atoms with van der Waals surface area (Å²) >= 11 is 0. The van der Waals surface area contributed by atoms with Crippen LogP contribution in [-0.2, 0) is 4.79 Å². The van der Waals surface area contributed by atoms with Gasteiger partial charge in [0.05, 0.1) is 5.52 Å². The Bertz CT molecular complexity index is 1240. The number of benzene rings is 2. The standard InChI is InChI=1S/C28H33N5O2/c1-31-10-5-11-32(13-12-31)25(34)14-20-16-28(17-20)18-33(19-28)27(35)26-23-9-8-22(15-24(23)29-30-26)21-6-3-2-4-7-21/h2-4,6-9,15,20H,5,10-14,16-19H2,1H3,(H,29,30). The molecule has 0 bridgehead atoms. The van der Waals surface area contributed by atoms with E-state index in [9.17, 15) is 9.59 Å². The number of fused-ring (bicyclic) bond motifs is 1. The van der Waals surface area contributed by atoms with Crippen molar-refractivity contribution in [3.8, 4) is 11.1 Å². The number of aromatic amines is 1. The van der Waals surface area contributed by atoms with Crippen LogP contribution in [0.2, 0.25) is 0 Å². The highest BCUT2D eigenvalue weighted by atomic mass is 16.2. The van der Waals surface area contributed by atoms with E-state index in [1.54, 1.807) is 0 Å². The van der Waals surface area contributed by atoms with Gasteiger partial charge in [0.15, 0.2) is 5.69 Å². The van der Waals surface area contributed by atoms with Gasteiger partial charge in [-0.25, -0.2) is 0 Å². The summed E-state index contributed by atoms with van der Waals surface area (Å²) in [7, 11) is 2.13. The van der Waals surface area contributed by atoms with E-state index in [1.165, 1.54) is 0 Å². The summed E-state index contributed by atoms with van der Waals surface area (Å²) in [6, 6.07) is 16.3. The van der Waals surface area contributed by atoms with Crippen molar-refractivity contribution in [3.05, 3.63) is 54.2 Å². The van der Waals surface area contributed by atoms with Crippen LogP contribution >= 0.6 is 0 Å². The second-order valence-electron chi connectivity index (χ2n) is 10.9. The summed E-state index contributed by atoms with van der Waals surface area (Å²) in [6.45, 7) is 5.32. The van der Waals surface area contributed by atoms with Crippen LogP contribution in [0, 0.1) is 11.3 Å². The van der Waals surface area contributed by atoms with Gasteiger partial charge in [0, 0.05) is 49.9 Å². The number of carbonyl (C=O) groups excluding carboxylic acids is 2. The minimum Gasteiger partial charge on any atom is -0.341 e. The molecule has 2 aliphatic heterocycles. The Morgan fingerprint density at radius 2 is 1.77 bits per heavy atom. The van der Waals surface area contributed by atoms with Crippen molar-refractivity contribution < 1.29 is 9.59 Å². The molecule has 35 heavy (non-hydrogen) atoms. The van der Waals surface area contributed by atoms with Gasteiger partial charge in [-0.15, -0.1) is 0 Å². The smallest absolute Gasteiger partial charge is 0.275 e. The summed E-state index contributed by atoms with van der Waals surface area (Å²) in [4.78, 5) is 32.2. The van der Waals surface area contributed by atoms with Gasteiger partial charge in [-0.1, -0.05) is 36.4 Å². The van der Waals surface area contributed by atoms with Crippen molar-refractivity contribution in [1.82, 2.24) is 24.9 Å². The van der Waals surface area contributed by atoms with Crippen LogP contribution in [-0.4, -0.2) is 83.0 Å². The van der Waals surface area contributed by atoms with Crippen LogP contribution < -0.4 is 0 Å². The van der Waals surface area contributed by atoms with Crippen molar-refractivity contribution in [3.63, 3.8) is 0 Å². The van der Waals surface area contributed by atoms with Gasteiger partial charge in [0.1, 0.15) is 0 Å². The molecule has 3 aliphatic rings. The number of hydrogen-bond acceptors (Lipinski definition) is 4. The maximum absolute atomic E-state index is 13.2. The molecule has 7 heteroatoms. The van der Waals surface area contributed by atoms with Crippen molar-refractivity contribution >= 4 is 22.7 Å². The molecular formula is C28H33N5O2. The van der Waals surface area contributed by atoms with Crippen molar-refractivity contribution in [2.24, 2.45) is 11.3 Å². The molecule has 0 atom stereocenters. The first-order chi connectivity index (χ1) is 17.0. The number of H-pyrrole nitrogens is 1. The molecule has 3 fully saturated rings. The van der Waals surface area contributed by atoms with Gasteiger partial charge in [-0.2, -0.15) is 5.10 Å². The summed E-state index contributed by atoms with van der Waals surface area (Å²) in [6.07, 6.45) is 3.83. The average Bonchev–Trinajstić information content (AvgIpc) is 3.12. The highest BCUT2D eigenvalue weighted by Gasteiger charge is 2.54. The Kier molecular flexibility index (Phi) is 5.60. The van der Waals surface area contributed by atoms with Crippen molar-refractivity contribution in [2.45, 2.75) is 25.7 Å². The Labute approximate surface area is 206 Å². The first kappa shape index (κ1) is 22.3. The molecular weight excluding hydrogens is 438 g/mol. The largest absolute Gasteiger partial charge is 0.341 e. The predicted octanol–water partition coefficient (Wildman–Crippen LogP) is 3.64. The molecule has 1 spiro atoms. The van der Waals surface area contributed by atoms with Gasteiger partial charge >= 0.3 is 0 Å². The minimum atomic E-state index is 0.00236. The molecule has 1 aromatic heterocycles. The molecule has 0 radical (unpaired) electrons. The average molecular weight is 472 g/mol. The quantitative estimate of drug-likeness (QED) is 0.631. The lowest BCUT2D eigenvalue weighted by molar-refractivity contribution is -0.137. The summed E-state index contributed by atoms with van der Waals surface area (Å²) < 4.78 is 0. The first-order valence-corrected chi connectivity index (χ1v) is 12.8. The molecule has 182 valence electrons. The summed E-state index contributed by atoms with van der Waals surface area (Å²) in [5, 5.41) is 8.30. The van der Waals surface area contributed by atoms with E-state index in [-0.39, 0.29) is 11.3 Å². The van der Waals surface area contributed by atoms with E-state index in [1.807, 2.05) is 29.2 Å². The molecule has 2 aromatic carbocycles. The number of nitrogens with zero attached hydrogens (tertiary/aromatic N) is 4. The molecule has 2 saturated heterocycles. The number of nitrogens with one attached hydrogen (secondary N) is 1. The normalized spacial score (nSPS) is 20.5. The zero-order valence-corrected chi connectivity index (χ0v) is 20.4. The molecule has 3 aromatic rings. The number of hydrogen-bond donors (Lipinski definition) is 1. The predicted molar refractivity (Wildman–Crippen MR) is 136 cm³/mol. The molecule has 3 heterocycles. The molecule has 7 nitrogen and oxygen atoms in total. The highest BCUT2D eigenvalue weighted by molar-refractivity contribution is 6.05. The third kappa shape index (κ3) is 4.22. The second-order valence-corrected chi connectivity index (χ2v) is 10.9. The minimum absolute atomic E-state index is 0.00236. The topological polar surface area (TPSA) is 72.5 Å². The molecule has 1 N–H and O–H groups in total. The van der Waals surface area contributed by atoms with Gasteiger partial charge in [0.25, 0.3) is 5.91 Å². The SMILES string of the molecule is CN1CCCN(C(=O)CC2CC3(C2)CN(C(=O)c2n[nH]c4cc(-c5ccccc5)ccc24)C3)CC1. The van der Waals surface area contributed by atoms with Crippen molar-refractivity contribution in [2.75, 3.05) is 46.3 Å². The summed E-state index contributed by atoms with van der Waals surface area (Å²) in [5.41, 5.74) is 3.85. The van der Waals surface area contributed by atoms with E-state index in [0.29, 0.717) is 23.9 Å². The number of rotatable bonds is 4. The van der Waals surface area contributed by atoms with E-state index >= 15 is 0 Å². The lowest BCUT2D eigenvalue weighted by Crippen LogP contribution is -2.64.